The molecule has 3 amide bonds. The van der Waals surface area contributed by atoms with Crippen LogP contribution in [0.1, 0.15) is 79.5 Å². The predicted molar refractivity (Wildman–Crippen MR) is 156 cm³/mol. The molecule has 0 spiro atoms. The third-order valence-corrected chi connectivity index (χ3v) is 9.01. The van der Waals surface area contributed by atoms with Crippen molar-refractivity contribution in [2.45, 2.75) is 83.0 Å². The predicted octanol–water partition coefficient (Wildman–Crippen LogP) is 3.47. The van der Waals surface area contributed by atoms with E-state index in [0.717, 1.165) is 43.7 Å². The molecule has 3 N–H and O–H groups in total. The molecule has 10 heteroatoms. The molecule has 2 aliphatic rings. The number of hydrogen-bond acceptors (Lipinski definition) is 7. The van der Waals surface area contributed by atoms with E-state index in [1.165, 1.54) is 16.9 Å². The Morgan fingerprint density at radius 3 is 2.73 bits per heavy atom. The van der Waals surface area contributed by atoms with Crippen LogP contribution in [0.4, 0.5) is 0 Å². The second kappa shape index (κ2) is 14.7. The lowest BCUT2D eigenvalue weighted by atomic mass is 9.95. The lowest BCUT2D eigenvalue weighted by Crippen LogP contribution is -2.57. The fourth-order valence-electron chi connectivity index (χ4n) is 5.34. The summed E-state index contributed by atoms with van der Waals surface area (Å²) < 4.78 is 5.98. The van der Waals surface area contributed by atoms with Crippen molar-refractivity contribution >= 4 is 29.1 Å². The number of likely N-dealkylation sites (tertiary alicyclic amines) is 1. The van der Waals surface area contributed by atoms with Crippen molar-refractivity contribution in [2.75, 3.05) is 26.7 Å². The van der Waals surface area contributed by atoms with Crippen LogP contribution in [-0.4, -0.2) is 72.5 Å². The van der Waals surface area contributed by atoms with Crippen molar-refractivity contribution in [3.05, 3.63) is 52.0 Å². The number of thiazole rings is 1. The van der Waals surface area contributed by atoms with E-state index in [1.54, 1.807) is 5.38 Å². The number of amides is 3. The molecule has 0 bridgehead atoms. The van der Waals surface area contributed by atoms with Gasteiger partial charge < -0.3 is 20.7 Å². The quantitative estimate of drug-likeness (QED) is 0.382. The van der Waals surface area contributed by atoms with Crippen LogP contribution in [0.25, 0.3) is 0 Å². The molecule has 1 aromatic carbocycles. The maximum absolute atomic E-state index is 13.4. The maximum atomic E-state index is 13.4. The van der Waals surface area contributed by atoms with Gasteiger partial charge in [-0.05, 0) is 50.8 Å². The van der Waals surface area contributed by atoms with Crippen molar-refractivity contribution in [2.24, 2.45) is 5.92 Å². The van der Waals surface area contributed by atoms with Crippen LogP contribution in [0.2, 0.25) is 0 Å². The molecule has 9 nitrogen and oxygen atoms in total. The second-order valence-corrected chi connectivity index (χ2v) is 11.9. The van der Waals surface area contributed by atoms with Gasteiger partial charge in [0.15, 0.2) is 0 Å². The standard InChI is InChI=1S/C30H43N5O4S/c1-4-20(2)26(34-28(37)24-12-8-9-16-35(24)3)29(38)32-22-14-17-39-25(18-22)30-33-23(19-40-30)27(36)31-15-13-21-10-6-5-7-11-21/h5-7,10-11,19-20,22,24-26H,4,8-9,12-18H2,1-3H3,(H,31,36)(H,32,38)(H,34,37)/t20-,22+,24+,25+,26-/m0/s1. The third-order valence-electron chi connectivity index (χ3n) is 8.07. The largest absolute Gasteiger partial charge is 0.371 e. The average molecular weight is 570 g/mol. The van der Waals surface area contributed by atoms with E-state index in [4.69, 9.17) is 4.74 Å². The minimum atomic E-state index is -0.583. The molecule has 2 fully saturated rings. The van der Waals surface area contributed by atoms with Crippen LogP contribution in [0.15, 0.2) is 35.7 Å². The first kappa shape index (κ1) is 30.1. The number of ether oxygens (including phenoxy) is 1. The Morgan fingerprint density at radius 2 is 1.98 bits per heavy atom. The average Bonchev–Trinajstić information content (AvgIpc) is 3.47. The number of hydrogen-bond donors (Lipinski definition) is 3. The highest BCUT2D eigenvalue weighted by Crippen LogP contribution is 2.30. The van der Waals surface area contributed by atoms with Crippen molar-refractivity contribution in [1.82, 2.24) is 25.8 Å². The van der Waals surface area contributed by atoms with E-state index in [2.05, 4.69) is 25.8 Å². The first-order valence-corrected chi connectivity index (χ1v) is 15.4. The second-order valence-electron chi connectivity index (χ2n) is 11.0. The molecule has 3 heterocycles. The molecule has 218 valence electrons. The molecule has 2 saturated heterocycles. The number of rotatable bonds is 11. The number of nitrogens with zero attached hydrogens (tertiary/aromatic N) is 2. The van der Waals surface area contributed by atoms with Crippen molar-refractivity contribution in [1.29, 1.82) is 0 Å². The van der Waals surface area contributed by atoms with Gasteiger partial charge in [-0.25, -0.2) is 4.98 Å². The number of aromatic nitrogens is 1. The lowest BCUT2D eigenvalue weighted by Gasteiger charge is -2.34. The number of likely N-dealkylation sites (N-methyl/N-ethyl adjacent to an activating group) is 1. The van der Waals surface area contributed by atoms with Gasteiger partial charge in [-0.3, -0.25) is 19.3 Å². The van der Waals surface area contributed by atoms with Gasteiger partial charge in [0.25, 0.3) is 5.91 Å². The number of benzene rings is 1. The van der Waals surface area contributed by atoms with Crippen LogP contribution < -0.4 is 16.0 Å². The zero-order valence-electron chi connectivity index (χ0n) is 23.9. The SMILES string of the molecule is CC[C@H](C)[C@H](NC(=O)[C@H]1CCCCN1C)C(=O)N[C@@H]1CCO[C@@H](c2nc(C(=O)NCCc3ccccc3)cs2)C1. The third kappa shape index (κ3) is 8.11. The Labute approximate surface area is 241 Å². The smallest absolute Gasteiger partial charge is 0.270 e. The molecule has 40 heavy (non-hydrogen) atoms. The normalized spacial score (nSPS) is 23.1. The van der Waals surface area contributed by atoms with Gasteiger partial charge in [0.05, 0.1) is 6.04 Å². The Morgan fingerprint density at radius 1 is 1.18 bits per heavy atom. The molecule has 2 aliphatic heterocycles. The number of carbonyl (C=O) groups is 3. The van der Waals surface area contributed by atoms with E-state index < -0.39 is 6.04 Å². The summed E-state index contributed by atoms with van der Waals surface area (Å²) in [5.41, 5.74) is 1.55. The monoisotopic (exact) mass is 569 g/mol. The van der Waals surface area contributed by atoms with Gasteiger partial charge in [-0.15, -0.1) is 11.3 Å². The molecule has 1 aromatic heterocycles. The van der Waals surface area contributed by atoms with Gasteiger partial charge in [-0.2, -0.15) is 0 Å². The van der Waals surface area contributed by atoms with Gasteiger partial charge in [0.1, 0.15) is 22.8 Å². The Hall–Kier alpha value is -2.82. The molecular formula is C30H43N5O4S. The Bertz CT molecular complexity index is 1130. The van der Waals surface area contributed by atoms with Gasteiger partial charge in [0.2, 0.25) is 11.8 Å². The highest BCUT2D eigenvalue weighted by Gasteiger charge is 2.34. The summed E-state index contributed by atoms with van der Waals surface area (Å²) in [7, 11) is 1.97. The van der Waals surface area contributed by atoms with Crippen molar-refractivity contribution in [3.63, 3.8) is 0 Å². The lowest BCUT2D eigenvalue weighted by molar-refractivity contribution is -0.134. The zero-order valence-corrected chi connectivity index (χ0v) is 24.7. The summed E-state index contributed by atoms with van der Waals surface area (Å²) in [6.45, 7) is 5.96. The number of nitrogens with one attached hydrogen (secondary N) is 3. The highest BCUT2D eigenvalue weighted by atomic mass is 32.1. The molecule has 0 radical (unpaired) electrons. The molecule has 0 unspecified atom stereocenters. The Balaban J connectivity index is 1.30. The maximum Gasteiger partial charge on any atom is 0.270 e. The summed E-state index contributed by atoms with van der Waals surface area (Å²) in [6.07, 6.45) is 5.45. The minimum Gasteiger partial charge on any atom is -0.371 e. The van der Waals surface area contributed by atoms with Crippen LogP contribution >= 0.6 is 11.3 Å². The van der Waals surface area contributed by atoms with E-state index in [1.807, 2.05) is 51.2 Å². The van der Waals surface area contributed by atoms with Crippen LogP contribution in [0.3, 0.4) is 0 Å². The topological polar surface area (TPSA) is 113 Å². The van der Waals surface area contributed by atoms with E-state index in [0.29, 0.717) is 31.7 Å². The first-order chi connectivity index (χ1) is 19.4. The van der Waals surface area contributed by atoms with Gasteiger partial charge >= 0.3 is 0 Å². The minimum absolute atomic E-state index is 0.00964. The van der Waals surface area contributed by atoms with E-state index >= 15 is 0 Å². The number of carbonyl (C=O) groups excluding carboxylic acids is 3. The molecule has 0 saturated carbocycles. The molecular weight excluding hydrogens is 526 g/mol. The number of piperidine rings is 1. The van der Waals surface area contributed by atoms with Crippen molar-refractivity contribution in [3.8, 4) is 0 Å². The van der Waals surface area contributed by atoms with Gasteiger partial charge in [-0.1, -0.05) is 57.0 Å². The highest BCUT2D eigenvalue weighted by molar-refractivity contribution is 7.09. The van der Waals surface area contributed by atoms with Crippen LogP contribution in [-0.2, 0) is 20.7 Å². The summed E-state index contributed by atoms with van der Waals surface area (Å²) in [6, 6.07) is 9.16. The zero-order chi connectivity index (χ0) is 28.5. The summed E-state index contributed by atoms with van der Waals surface area (Å²) >= 11 is 1.40. The fraction of sp³-hybridized carbons (Fsp3) is 0.600. The Kier molecular flexibility index (Phi) is 11.1. The molecule has 0 aliphatic carbocycles. The van der Waals surface area contributed by atoms with Gasteiger partial charge in [0, 0.05) is 31.0 Å². The molecule has 5 atom stereocenters. The molecule has 4 rings (SSSR count). The van der Waals surface area contributed by atoms with E-state index in [-0.39, 0.29) is 41.8 Å². The summed E-state index contributed by atoms with van der Waals surface area (Å²) in [4.78, 5) is 45.7. The van der Waals surface area contributed by atoms with Crippen LogP contribution in [0.5, 0.6) is 0 Å². The molecule has 2 aromatic rings. The van der Waals surface area contributed by atoms with E-state index in [9.17, 15) is 14.4 Å². The van der Waals surface area contributed by atoms with Crippen LogP contribution in [0, 0.1) is 5.92 Å². The van der Waals surface area contributed by atoms with Crippen molar-refractivity contribution < 1.29 is 19.1 Å². The summed E-state index contributed by atoms with van der Waals surface area (Å²) in [5, 5.41) is 11.7. The summed E-state index contributed by atoms with van der Waals surface area (Å²) in [5.74, 6) is -0.403. The first-order valence-electron chi connectivity index (χ1n) is 14.6. The fourth-order valence-corrected chi connectivity index (χ4v) is 6.20.